The van der Waals surface area contributed by atoms with Crippen LogP contribution in [0.1, 0.15) is 22.6 Å². The van der Waals surface area contributed by atoms with Crippen molar-refractivity contribution >= 4 is 6.03 Å². The van der Waals surface area contributed by atoms with E-state index < -0.39 is 0 Å². The largest absolute Gasteiger partial charge is 0.396 e. The monoisotopic (exact) mass is 345 g/mol. The molecule has 2 rings (SSSR count). The zero-order valence-electron chi connectivity index (χ0n) is 15.1. The Morgan fingerprint density at radius 2 is 2.12 bits per heavy atom. The Kier molecular flexibility index (Phi) is 6.94. The minimum absolute atomic E-state index is 0.00489. The third-order valence-corrected chi connectivity index (χ3v) is 4.35. The zero-order valence-corrected chi connectivity index (χ0v) is 15.1. The van der Waals surface area contributed by atoms with Gasteiger partial charge in [0, 0.05) is 50.2 Å². The van der Waals surface area contributed by atoms with E-state index in [1.54, 1.807) is 6.20 Å². The molecule has 2 aromatic rings. The van der Waals surface area contributed by atoms with E-state index in [1.807, 2.05) is 43.8 Å². The fourth-order valence-electron chi connectivity index (χ4n) is 2.80. The number of aromatic nitrogens is 3. The molecule has 0 aliphatic rings. The average Bonchev–Trinajstić information content (AvgIpc) is 2.85. The van der Waals surface area contributed by atoms with Crippen LogP contribution < -0.4 is 10.6 Å². The fourth-order valence-corrected chi connectivity index (χ4v) is 2.80. The molecule has 136 valence electrons. The van der Waals surface area contributed by atoms with Gasteiger partial charge < -0.3 is 15.7 Å². The van der Waals surface area contributed by atoms with Crippen LogP contribution in [0, 0.1) is 19.8 Å². The Morgan fingerprint density at radius 3 is 2.72 bits per heavy atom. The molecule has 2 aromatic heterocycles. The Balaban J connectivity index is 1.72. The third kappa shape index (κ3) is 5.56. The van der Waals surface area contributed by atoms with Crippen LogP contribution in [-0.2, 0) is 19.9 Å². The molecule has 0 aliphatic carbocycles. The molecule has 3 N–H and O–H groups in total. The number of carbonyl (C=O) groups is 1. The van der Waals surface area contributed by atoms with Gasteiger partial charge in [-0.1, -0.05) is 6.07 Å². The topological polar surface area (TPSA) is 92.1 Å². The standard InChI is InChI=1S/C18H27N5O2/c1-13-17(14(2)23(3)22-13)7-9-20-18(25)21-11-15(12-24)10-16-6-4-5-8-19-16/h4-6,8,15,24H,7,9-12H2,1-3H3,(H2,20,21,25). The predicted molar refractivity (Wildman–Crippen MR) is 96.3 cm³/mol. The minimum Gasteiger partial charge on any atom is -0.396 e. The molecule has 0 saturated carbocycles. The van der Waals surface area contributed by atoms with Gasteiger partial charge in [-0.3, -0.25) is 9.67 Å². The van der Waals surface area contributed by atoms with Crippen molar-refractivity contribution in [3.63, 3.8) is 0 Å². The van der Waals surface area contributed by atoms with Crippen molar-refractivity contribution in [3.8, 4) is 0 Å². The molecule has 0 aliphatic heterocycles. The molecule has 0 spiro atoms. The maximum atomic E-state index is 11.9. The van der Waals surface area contributed by atoms with Crippen LogP contribution in [0.25, 0.3) is 0 Å². The number of amides is 2. The molecule has 1 atom stereocenters. The summed E-state index contributed by atoms with van der Waals surface area (Å²) >= 11 is 0. The van der Waals surface area contributed by atoms with E-state index in [1.165, 1.54) is 5.56 Å². The number of hydrogen-bond acceptors (Lipinski definition) is 4. The number of rotatable bonds is 8. The van der Waals surface area contributed by atoms with Gasteiger partial charge in [0.2, 0.25) is 0 Å². The SMILES string of the molecule is Cc1nn(C)c(C)c1CCNC(=O)NCC(CO)Cc1ccccn1. The van der Waals surface area contributed by atoms with Gasteiger partial charge in [0.15, 0.2) is 0 Å². The minimum atomic E-state index is -0.223. The molecule has 0 bridgehead atoms. The quantitative estimate of drug-likeness (QED) is 0.669. The smallest absolute Gasteiger partial charge is 0.314 e. The lowest BCUT2D eigenvalue weighted by Crippen LogP contribution is -2.40. The van der Waals surface area contributed by atoms with Gasteiger partial charge in [-0.15, -0.1) is 0 Å². The highest BCUT2D eigenvalue weighted by molar-refractivity contribution is 5.73. The van der Waals surface area contributed by atoms with Crippen LogP contribution in [0.15, 0.2) is 24.4 Å². The molecule has 7 heteroatoms. The first-order chi connectivity index (χ1) is 12.0. The summed E-state index contributed by atoms with van der Waals surface area (Å²) in [5.74, 6) is -0.0523. The van der Waals surface area contributed by atoms with Gasteiger partial charge >= 0.3 is 6.03 Å². The first kappa shape index (κ1) is 18.9. The van der Waals surface area contributed by atoms with Crippen molar-refractivity contribution in [2.45, 2.75) is 26.7 Å². The third-order valence-electron chi connectivity index (χ3n) is 4.35. The zero-order chi connectivity index (χ0) is 18.2. The Bertz CT molecular complexity index is 684. The van der Waals surface area contributed by atoms with Gasteiger partial charge in [-0.2, -0.15) is 5.10 Å². The van der Waals surface area contributed by atoms with E-state index in [9.17, 15) is 9.90 Å². The fraction of sp³-hybridized carbons (Fsp3) is 0.500. The van der Waals surface area contributed by atoms with Crippen LogP contribution in [0.4, 0.5) is 4.79 Å². The number of aliphatic hydroxyl groups is 1. The van der Waals surface area contributed by atoms with E-state index in [0.717, 1.165) is 23.5 Å². The molecule has 0 fully saturated rings. The Labute approximate surface area is 148 Å². The number of carbonyl (C=O) groups excluding carboxylic acids is 1. The Morgan fingerprint density at radius 1 is 1.32 bits per heavy atom. The van der Waals surface area contributed by atoms with Crippen molar-refractivity contribution in [1.82, 2.24) is 25.4 Å². The van der Waals surface area contributed by atoms with Crippen LogP contribution in [0.3, 0.4) is 0 Å². The average molecular weight is 345 g/mol. The molecule has 7 nitrogen and oxygen atoms in total. The van der Waals surface area contributed by atoms with Crippen molar-refractivity contribution in [2.75, 3.05) is 19.7 Å². The van der Waals surface area contributed by atoms with Gasteiger partial charge in [0.25, 0.3) is 0 Å². The summed E-state index contributed by atoms with van der Waals surface area (Å²) in [7, 11) is 1.92. The summed E-state index contributed by atoms with van der Waals surface area (Å²) in [4.78, 5) is 16.2. The van der Waals surface area contributed by atoms with Crippen molar-refractivity contribution < 1.29 is 9.90 Å². The lowest BCUT2D eigenvalue weighted by molar-refractivity contribution is 0.213. The molecule has 0 radical (unpaired) electrons. The summed E-state index contributed by atoms with van der Waals surface area (Å²) in [5, 5.41) is 19.5. The summed E-state index contributed by atoms with van der Waals surface area (Å²) in [6, 6.07) is 5.47. The van der Waals surface area contributed by atoms with E-state index in [-0.39, 0.29) is 18.6 Å². The second-order valence-corrected chi connectivity index (χ2v) is 6.23. The second-order valence-electron chi connectivity index (χ2n) is 6.23. The Hall–Kier alpha value is -2.41. The van der Waals surface area contributed by atoms with Gasteiger partial charge in [-0.05, 0) is 44.4 Å². The maximum absolute atomic E-state index is 11.9. The summed E-state index contributed by atoms with van der Waals surface area (Å²) in [6.07, 6.45) is 3.11. The van der Waals surface area contributed by atoms with Crippen molar-refractivity contribution in [2.24, 2.45) is 13.0 Å². The molecule has 25 heavy (non-hydrogen) atoms. The number of pyridine rings is 1. The number of nitrogens with one attached hydrogen (secondary N) is 2. The first-order valence-corrected chi connectivity index (χ1v) is 8.52. The molecule has 2 amide bonds. The number of hydrogen-bond donors (Lipinski definition) is 3. The second kappa shape index (κ2) is 9.17. The van der Waals surface area contributed by atoms with Gasteiger partial charge in [0.1, 0.15) is 0 Å². The van der Waals surface area contributed by atoms with Gasteiger partial charge in [0.05, 0.1) is 5.69 Å². The molecule has 0 aromatic carbocycles. The maximum Gasteiger partial charge on any atom is 0.314 e. The van der Waals surface area contributed by atoms with Crippen LogP contribution in [-0.4, -0.2) is 45.6 Å². The van der Waals surface area contributed by atoms with E-state index in [4.69, 9.17) is 0 Å². The van der Waals surface area contributed by atoms with E-state index in [2.05, 4.69) is 20.7 Å². The van der Waals surface area contributed by atoms with Gasteiger partial charge in [-0.25, -0.2) is 4.79 Å². The van der Waals surface area contributed by atoms with Crippen LogP contribution >= 0.6 is 0 Å². The normalized spacial score (nSPS) is 12.0. The van der Waals surface area contributed by atoms with Crippen LogP contribution in [0.5, 0.6) is 0 Å². The molecule has 2 heterocycles. The lowest BCUT2D eigenvalue weighted by atomic mass is 10.0. The summed E-state index contributed by atoms with van der Waals surface area (Å²) in [6.45, 7) is 4.96. The predicted octanol–water partition coefficient (Wildman–Crippen LogP) is 1.12. The lowest BCUT2D eigenvalue weighted by Gasteiger charge is -2.15. The molecular weight excluding hydrogens is 318 g/mol. The van der Waals surface area contributed by atoms with E-state index >= 15 is 0 Å². The highest BCUT2D eigenvalue weighted by Gasteiger charge is 2.12. The first-order valence-electron chi connectivity index (χ1n) is 8.52. The highest BCUT2D eigenvalue weighted by Crippen LogP contribution is 2.11. The number of aryl methyl sites for hydroxylation is 2. The summed E-state index contributed by atoms with van der Waals surface area (Å²) in [5.41, 5.74) is 4.20. The van der Waals surface area contributed by atoms with Crippen molar-refractivity contribution in [3.05, 3.63) is 47.0 Å². The molecular formula is C18H27N5O2. The number of urea groups is 1. The van der Waals surface area contributed by atoms with E-state index in [0.29, 0.717) is 19.5 Å². The van der Waals surface area contributed by atoms with Crippen molar-refractivity contribution in [1.29, 1.82) is 0 Å². The van der Waals surface area contributed by atoms with Crippen LogP contribution in [0.2, 0.25) is 0 Å². The number of nitrogens with zero attached hydrogens (tertiary/aromatic N) is 3. The highest BCUT2D eigenvalue weighted by atomic mass is 16.3. The summed E-state index contributed by atoms with van der Waals surface area (Å²) < 4.78 is 1.86. The molecule has 1 unspecified atom stereocenters. The number of aliphatic hydroxyl groups excluding tert-OH is 1. The molecule has 0 saturated heterocycles.